The molecule has 2 aromatic carbocycles. The molecule has 14 nitrogen and oxygen atoms in total. The molecule has 1 aliphatic carbocycles. The van der Waals surface area contributed by atoms with E-state index in [1.807, 2.05) is 64.1 Å². The Morgan fingerprint density at radius 1 is 0.946 bits per heavy atom. The first-order chi connectivity index (χ1) is 26.8. The minimum Gasteiger partial charge on any atom is -0.497 e. The summed E-state index contributed by atoms with van der Waals surface area (Å²) in [6.07, 6.45) is 5.67. The normalized spacial score (nSPS) is 16.6. The SMILES string of the molecule is CCC[C@H](C)Oc1nc(N(Cc2ccc(OC)cc2OC)Cc2ccc(OC)cc2OC)c2ncc(C(O)C3CCC4(CC3)CN(C(=O)OC(C)(C)C)C4)n2n1. The van der Waals surface area contributed by atoms with Crippen molar-refractivity contribution in [3.8, 4) is 29.0 Å². The minimum atomic E-state index is -0.829. The first-order valence-corrected chi connectivity index (χ1v) is 19.5. The molecule has 0 radical (unpaired) electrons. The Hall–Kier alpha value is -4.98. The first kappa shape index (κ1) is 40.7. The lowest BCUT2D eigenvalue weighted by molar-refractivity contribution is -0.0642. The van der Waals surface area contributed by atoms with Crippen molar-refractivity contribution in [3.63, 3.8) is 0 Å². The van der Waals surface area contributed by atoms with Crippen molar-refractivity contribution in [1.82, 2.24) is 24.5 Å². The highest BCUT2D eigenvalue weighted by molar-refractivity contribution is 5.69. The van der Waals surface area contributed by atoms with E-state index >= 15 is 0 Å². The zero-order chi connectivity index (χ0) is 40.2. The standard InChI is InChI=1S/C42H58N6O8/c1-10-11-27(2)55-39-44-38(46(23-29-12-14-31(51-6)20-34(29)53-8)24-30-13-15-32(52-7)21-35(30)54-9)37-43-22-33(48(37)45-39)36(49)28-16-18-42(19-17-28)25-47(26-42)40(50)56-41(3,4)5/h12-15,20-22,27-28,36,49H,10-11,16-19,23-26H2,1-9H3/t27-,36?/m0/s1. The van der Waals surface area contributed by atoms with Crippen LogP contribution in [0.4, 0.5) is 10.6 Å². The summed E-state index contributed by atoms with van der Waals surface area (Å²) in [5, 5.41) is 16.9. The van der Waals surface area contributed by atoms with Crippen molar-refractivity contribution in [2.45, 2.75) is 104 Å². The van der Waals surface area contributed by atoms with Gasteiger partial charge in [0.1, 0.15) is 34.7 Å². The number of anilines is 1. The summed E-state index contributed by atoms with van der Waals surface area (Å²) in [6, 6.07) is 11.6. The summed E-state index contributed by atoms with van der Waals surface area (Å²) in [4.78, 5) is 26.4. The summed E-state index contributed by atoms with van der Waals surface area (Å²) >= 11 is 0. The maximum absolute atomic E-state index is 12.7. The van der Waals surface area contributed by atoms with E-state index in [1.54, 1.807) is 44.1 Å². The number of aromatic nitrogens is 4. The molecule has 3 heterocycles. The van der Waals surface area contributed by atoms with Gasteiger partial charge in [-0.1, -0.05) is 13.3 Å². The van der Waals surface area contributed by atoms with Crippen LogP contribution in [0.1, 0.15) is 96.1 Å². The number of ether oxygens (including phenoxy) is 6. The average molecular weight is 775 g/mol. The summed E-state index contributed by atoms with van der Waals surface area (Å²) in [5.41, 5.74) is 2.37. The number of hydrogen-bond acceptors (Lipinski definition) is 12. The summed E-state index contributed by atoms with van der Waals surface area (Å²) in [5.74, 6) is 3.18. The third-order valence-corrected chi connectivity index (χ3v) is 10.9. The molecule has 4 aromatic rings. The first-order valence-electron chi connectivity index (χ1n) is 19.5. The summed E-state index contributed by atoms with van der Waals surface area (Å²) < 4.78 is 36.3. The van der Waals surface area contributed by atoms with Crippen LogP contribution in [0, 0.1) is 11.3 Å². The molecular formula is C42H58N6O8. The lowest BCUT2D eigenvalue weighted by atomic mass is 9.65. The Bertz CT molecular complexity index is 1910. The molecule has 2 atom stereocenters. The van der Waals surface area contributed by atoms with Crippen LogP contribution in [0.5, 0.6) is 29.0 Å². The molecule has 2 aliphatic rings. The largest absolute Gasteiger partial charge is 0.497 e. The van der Waals surface area contributed by atoms with Crippen LogP contribution in [-0.2, 0) is 17.8 Å². The molecule has 1 N–H and O–H groups in total. The van der Waals surface area contributed by atoms with E-state index in [4.69, 9.17) is 43.5 Å². The lowest BCUT2D eigenvalue weighted by Gasteiger charge is -2.53. The number of nitrogens with zero attached hydrogens (tertiary/aromatic N) is 6. The number of amides is 1. The maximum Gasteiger partial charge on any atom is 0.410 e. The van der Waals surface area contributed by atoms with Crippen molar-refractivity contribution in [1.29, 1.82) is 0 Å². The van der Waals surface area contributed by atoms with Crippen LogP contribution in [0.25, 0.3) is 5.65 Å². The van der Waals surface area contributed by atoms with E-state index in [0.29, 0.717) is 66.3 Å². The molecule has 1 spiro atoms. The van der Waals surface area contributed by atoms with Gasteiger partial charge in [0.25, 0.3) is 0 Å². The number of carbonyl (C=O) groups is 1. The number of benzene rings is 2. The smallest absolute Gasteiger partial charge is 0.410 e. The highest BCUT2D eigenvalue weighted by Crippen LogP contribution is 2.49. The van der Waals surface area contributed by atoms with Crippen molar-refractivity contribution in [2.24, 2.45) is 11.3 Å². The van der Waals surface area contributed by atoms with Gasteiger partial charge in [-0.25, -0.2) is 14.3 Å². The van der Waals surface area contributed by atoms with Crippen LogP contribution in [0.2, 0.25) is 0 Å². The number of imidazole rings is 1. The van der Waals surface area contributed by atoms with Crippen LogP contribution in [0.15, 0.2) is 42.6 Å². The van der Waals surface area contributed by atoms with Crippen molar-refractivity contribution >= 4 is 17.6 Å². The lowest BCUT2D eigenvalue weighted by Crippen LogP contribution is -2.60. The van der Waals surface area contributed by atoms with Gasteiger partial charge in [0.05, 0.1) is 46.4 Å². The fourth-order valence-electron chi connectivity index (χ4n) is 7.90. The molecule has 1 amide bonds. The fourth-order valence-corrected chi connectivity index (χ4v) is 7.90. The highest BCUT2D eigenvalue weighted by atomic mass is 16.6. The number of likely N-dealkylation sites (tertiary alicyclic amines) is 1. The van der Waals surface area contributed by atoms with Gasteiger partial charge in [-0.15, -0.1) is 5.10 Å². The molecule has 1 unspecified atom stereocenters. The van der Waals surface area contributed by atoms with Gasteiger partial charge in [0, 0.05) is 54.9 Å². The quantitative estimate of drug-likeness (QED) is 0.129. The van der Waals surface area contributed by atoms with E-state index in [0.717, 1.165) is 49.7 Å². The molecule has 0 bridgehead atoms. The van der Waals surface area contributed by atoms with Crippen molar-refractivity contribution < 1.29 is 38.3 Å². The number of fused-ring (bicyclic) bond motifs is 1. The van der Waals surface area contributed by atoms with Gasteiger partial charge in [0.15, 0.2) is 11.5 Å². The molecule has 6 rings (SSSR count). The Morgan fingerprint density at radius 3 is 2.05 bits per heavy atom. The van der Waals surface area contributed by atoms with E-state index < -0.39 is 11.7 Å². The van der Waals surface area contributed by atoms with E-state index in [2.05, 4.69) is 11.8 Å². The predicted octanol–water partition coefficient (Wildman–Crippen LogP) is 7.39. The molecule has 2 fully saturated rings. The van der Waals surface area contributed by atoms with Crippen LogP contribution in [-0.4, -0.2) is 88.9 Å². The predicted molar refractivity (Wildman–Crippen MR) is 212 cm³/mol. The second-order valence-electron chi connectivity index (χ2n) is 16.2. The number of aliphatic hydroxyl groups is 1. The molecule has 1 saturated carbocycles. The summed E-state index contributed by atoms with van der Waals surface area (Å²) in [7, 11) is 6.52. The van der Waals surface area contributed by atoms with Crippen molar-refractivity contribution in [3.05, 3.63) is 59.4 Å². The number of methoxy groups -OCH3 is 4. The van der Waals surface area contributed by atoms with Crippen LogP contribution < -0.4 is 28.6 Å². The van der Waals surface area contributed by atoms with Crippen molar-refractivity contribution in [2.75, 3.05) is 46.4 Å². The Morgan fingerprint density at radius 2 is 1.54 bits per heavy atom. The molecule has 304 valence electrons. The second kappa shape index (κ2) is 17.0. The van der Waals surface area contributed by atoms with Gasteiger partial charge in [-0.05, 0) is 90.0 Å². The minimum absolute atomic E-state index is 0.0128. The zero-order valence-corrected chi connectivity index (χ0v) is 34.3. The van der Waals surface area contributed by atoms with E-state index in [1.165, 1.54) is 0 Å². The number of carbonyl (C=O) groups excluding carboxylic acids is 1. The molecule has 56 heavy (non-hydrogen) atoms. The van der Waals surface area contributed by atoms with Gasteiger partial charge in [-0.3, -0.25) is 0 Å². The van der Waals surface area contributed by atoms with Gasteiger partial charge in [-0.2, -0.15) is 4.98 Å². The molecule has 14 heteroatoms. The fraction of sp³-hybridized carbons (Fsp3) is 0.571. The highest BCUT2D eigenvalue weighted by Gasteiger charge is 2.49. The van der Waals surface area contributed by atoms with E-state index in [9.17, 15) is 9.90 Å². The third kappa shape index (κ3) is 9.01. The monoisotopic (exact) mass is 774 g/mol. The third-order valence-electron chi connectivity index (χ3n) is 10.9. The van der Waals surface area contributed by atoms with Crippen LogP contribution in [0.3, 0.4) is 0 Å². The molecule has 1 saturated heterocycles. The number of rotatable bonds is 15. The van der Waals surface area contributed by atoms with E-state index in [-0.39, 0.29) is 29.5 Å². The second-order valence-corrected chi connectivity index (χ2v) is 16.2. The number of aliphatic hydroxyl groups excluding tert-OH is 1. The van der Waals surface area contributed by atoms with Gasteiger partial charge >= 0.3 is 12.1 Å². The Kier molecular flexibility index (Phi) is 12.4. The maximum atomic E-state index is 12.7. The molecule has 1 aliphatic heterocycles. The topological polar surface area (TPSA) is 142 Å². The van der Waals surface area contributed by atoms with Gasteiger partial charge in [0.2, 0.25) is 0 Å². The summed E-state index contributed by atoms with van der Waals surface area (Å²) in [6.45, 7) is 11.9. The van der Waals surface area contributed by atoms with Gasteiger partial charge < -0.3 is 43.3 Å². The van der Waals surface area contributed by atoms with Crippen LogP contribution >= 0.6 is 0 Å². The zero-order valence-electron chi connectivity index (χ0n) is 34.3. The molecule has 2 aromatic heterocycles. The Labute approximate surface area is 330 Å². The number of hydrogen-bond donors (Lipinski definition) is 1. The Balaban J connectivity index is 1.35. The average Bonchev–Trinajstić information content (AvgIpc) is 3.59. The molecular weight excluding hydrogens is 716 g/mol.